The van der Waals surface area contributed by atoms with Crippen LogP contribution in [0.25, 0.3) is 0 Å². The van der Waals surface area contributed by atoms with Crippen LogP contribution in [0.5, 0.6) is 0 Å². The molecule has 0 saturated carbocycles. The molecular formula is C10H13BrN2O. The van der Waals surface area contributed by atoms with Crippen molar-refractivity contribution < 1.29 is 4.42 Å². The highest BCUT2D eigenvalue weighted by Gasteiger charge is 1.97. The molecule has 0 aliphatic carbocycles. The van der Waals surface area contributed by atoms with E-state index in [2.05, 4.69) is 32.7 Å². The third-order valence-electron chi connectivity index (χ3n) is 1.68. The Labute approximate surface area is 92.4 Å². The number of nitrogens with two attached hydrogens (primary N) is 1. The van der Waals surface area contributed by atoms with Gasteiger partial charge in [-0.05, 0) is 35.0 Å². The minimum absolute atomic E-state index is 0.655. The monoisotopic (exact) mass is 256 g/mol. The van der Waals surface area contributed by atoms with Crippen molar-refractivity contribution in [3.05, 3.63) is 22.6 Å². The van der Waals surface area contributed by atoms with Crippen LogP contribution < -0.4 is 5.73 Å². The SMILES string of the molecule is CN(CC#Cc1occc1Br)CCN. The second-order valence-corrected chi connectivity index (χ2v) is 3.78. The first-order valence-corrected chi connectivity index (χ1v) is 5.14. The maximum absolute atomic E-state index is 5.40. The maximum atomic E-state index is 5.40. The average Bonchev–Trinajstić information content (AvgIpc) is 2.52. The zero-order valence-corrected chi connectivity index (χ0v) is 9.67. The Morgan fingerprint density at radius 1 is 1.64 bits per heavy atom. The highest BCUT2D eigenvalue weighted by molar-refractivity contribution is 9.10. The summed E-state index contributed by atoms with van der Waals surface area (Å²) in [5.74, 6) is 6.62. The van der Waals surface area contributed by atoms with Crippen molar-refractivity contribution in [2.45, 2.75) is 0 Å². The molecule has 1 heterocycles. The first-order chi connectivity index (χ1) is 6.74. The van der Waals surface area contributed by atoms with Crippen LogP contribution in [0.2, 0.25) is 0 Å². The third-order valence-corrected chi connectivity index (χ3v) is 2.30. The Morgan fingerprint density at radius 2 is 2.43 bits per heavy atom. The second-order valence-electron chi connectivity index (χ2n) is 2.93. The first-order valence-electron chi connectivity index (χ1n) is 4.34. The van der Waals surface area contributed by atoms with Gasteiger partial charge in [0.1, 0.15) is 0 Å². The van der Waals surface area contributed by atoms with Gasteiger partial charge in [0.05, 0.1) is 17.3 Å². The van der Waals surface area contributed by atoms with Gasteiger partial charge >= 0.3 is 0 Å². The summed E-state index contributed by atoms with van der Waals surface area (Å²) >= 11 is 3.33. The summed E-state index contributed by atoms with van der Waals surface area (Å²) in [5.41, 5.74) is 5.40. The minimum Gasteiger partial charge on any atom is -0.455 e. The van der Waals surface area contributed by atoms with Crippen LogP contribution in [0.4, 0.5) is 0 Å². The first kappa shape index (κ1) is 11.3. The molecule has 76 valence electrons. The van der Waals surface area contributed by atoms with Crippen molar-refractivity contribution in [3.8, 4) is 11.8 Å². The molecule has 1 aromatic rings. The van der Waals surface area contributed by atoms with E-state index in [4.69, 9.17) is 10.2 Å². The van der Waals surface area contributed by atoms with Crippen molar-refractivity contribution in [1.82, 2.24) is 4.90 Å². The van der Waals surface area contributed by atoms with Crippen molar-refractivity contribution in [2.75, 3.05) is 26.7 Å². The molecule has 0 aromatic carbocycles. The lowest BCUT2D eigenvalue weighted by molar-refractivity contribution is 0.386. The lowest BCUT2D eigenvalue weighted by Gasteiger charge is -2.09. The van der Waals surface area contributed by atoms with Gasteiger partial charge in [0, 0.05) is 13.1 Å². The van der Waals surface area contributed by atoms with Gasteiger partial charge in [-0.3, -0.25) is 4.90 Å². The van der Waals surface area contributed by atoms with Crippen LogP contribution >= 0.6 is 15.9 Å². The Morgan fingerprint density at radius 3 is 3.00 bits per heavy atom. The molecule has 4 heteroatoms. The largest absolute Gasteiger partial charge is 0.455 e. The fraction of sp³-hybridized carbons (Fsp3) is 0.400. The molecule has 14 heavy (non-hydrogen) atoms. The van der Waals surface area contributed by atoms with Crippen LogP contribution in [0, 0.1) is 11.8 Å². The van der Waals surface area contributed by atoms with Crippen LogP contribution in [0.1, 0.15) is 5.76 Å². The summed E-state index contributed by atoms with van der Waals surface area (Å²) in [4.78, 5) is 2.06. The van der Waals surface area contributed by atoms with Crippen LogP contribution in [0.3, 0.4) is 0 Å². The van der Waals surface area contributed by atoms with E-state index in [9.17, 15) is 0 Å². The van der Waals surface area contributed by atoms with E-state index in [-0.39, 0.29) is 0 Å². The van der Waals surface area contributed by atoms with Crippen molar-refractivity contribution >= 4 is 15.9 Å². The third kappa shape index (κ3) is 3.54. The fourth-order valence-corrected chi connectivity index (χ4v) is 1.24. The molecule has 1 rings (SSSR count). The number of furan rings is 1. The topological polar surface area (TPSA) is 42.4 Å². The summed E-state index contributed by atoms with van der Waals surface area (Å²) in [5, 5.41) is 0. The quantitative estimate of drug-likeness (QED) is 0.829. The highest BCUT2D eigenvalue weighted by atomic mass is 79.9. The second kappa shape index (κ2) is 5.86. The predicted octanol–water partition coefficient (Wildman–Crippen LogP) is 1.28. The molecule has 0 aliphatic rings. The van der Waals surface area contributed by atoms with E-state index in [0.717, 1.165) is 11.0 Å². The predicted molar refractivity (Wildman–Crippen MR) is 59.8 cm³/mol. The molecule has 0 atom stereocenters. The number of hydrogen-bond acceptors (Lipinski definition) is 3. The lowest BCUT2D eigenvalue weighted by Crippen LogP contribution is -2.25. The molecule has 0 radical (unpaired) electrons. The molecule has 0 spiro atoms. The molecular weight excluding hydrogens is 244 g/mol. The van der Waals surface area contributed by atoms with E-state index < -0.39 is 0 Å². The summed E-state index contributed by atoms with van der Waals surface area (Å²) in [7, 11) is 1.98. The van der Waals surface area contributed by atoms with Crippen LogP contribution in [-0.4, -0.2) is 31.6 Å². The van der Waals surface area contributed by atoms with Gasteiger partial charge in [-0.1, -0.05) is 5.92 Å². The maximum Gasteiger partial charge on any atom is 0.190 e. The highest BCUT2D eigenvalue weighted by Crippen LogP contribution is 2.15. The lowest BCUT2D eigenvalue weighted by atomic mass is 10.4. The summed E-state index contributed by atoms with van der Waals surface area (Å²) < 4.78 is 6.04. The number of hydrogen-bond donors (Lipinski definition) is 1. The van der Waals surface area contributed by atoms with E-state index in [1.165, 1.54) is 0 Å². The Hall–Kier alpha value is -0.760. The summed E-state index contributed by atoms with van der Waals surface area (Å²) in [6, 6.07) is 1.83. The van der Waals surface area contributed by atoms with Gasteiger partial charge in [0.15, 0.2) is 5.76 Å². The van der Waals surface area contributed by atoms with E-state index in [1.54, 1.807) is 6.26 Å². The van der Waals surface area contributed by atoms with Crippen molar-refractivity contribution in [1.29, 1.82) is 0 Å². The minimum atomic E-state index is 0.655. The number of rotatable bonds is 3. The number of halogens is 1. The average molecular weight is 257 g/mol. The standard InChI is InChI=1S/C10H13BrN2O/c1-13(7-5-12)6-2-3-10-9(11)4-8-14-10/h4,8H,5-7,12H2,1H3. The van der Waals surface area contributed by atoms with E-state index in [0.29, 0.717) is 18.8 Å². The van der Waals surface area contributed by atoms with Crippen molar-refractivity contribution in [3.63, 3.8) is 0 Å². The van der Waals surface area contributed by atoms with Gasteiger partial charge in [0.25, 0.3) is 0 Å². The molecule has 0 unspecified atom stereocenters. The molecule has 0 aliphatic heterocycles. The molecule has 0 saturated heterocycles. The molecule has 1 aromatic heterocycles. The van der Waals surface area contributed by atoms with E-state index >= 15 is 0 Å². The van der Waals surface area contributed by atoms with Crippen molar-refractivity contribution in [2.24, 2.45) is 5.73 Å². The number of nitrogens with zero attached hydrogens (tertiary/aromatic N) is 1. The smallest absolute Gasteiger partial charge is 0.190 e. The molecule has 0 amide bonds. The molecule has 2 N–H and O–H groups in total. The van der Waals surface area contributed by atoms with Gasteiger partial charge in [0.2, 0.25) is 0 Å². The summed E-state index contributed by atoms with van der Waals surface area (Å²) in [6.07, 6.45) is 1.61. The van der Waals surface area contributed by atoms with E-state index in [1.807, 2.05) is 13.1 Å². The zero-order chi connectivity index (χ0) is 10.4. The molecule has 3 nitrogen and oxygen atoms in total. The summed E-state index contributed by atoms with van der Waals surface area (Å²) in [6.45, 7) is 2.21. The normalized spacial score (nSPS) is 10.0. The van der Waals surface area contributed by atoms with Crippen LogP contribution in [-0.2, 0) is 0 Å². The zero-order valence-electron chi connectivity index (χ0n) is 8.09. The molecule has 0 bridgehead atoms. The van der Waals surface area contributed by atoms with Crippen LogP contribution in [0.15, 0.2) is 21.2 Å². The molecule has 0 fully saturated rings. The Bertz CT molecular complexity index is 337. The Kier molecular flexibility index (Phi) is 4.74. The Balaban J connectivity index is 2.45. The van der Waals surface area contributed by atoms with Gasteiger partial charge in [-0.2, -0.15) is 0 Å². The van der Waals surface area contributed by atoms with Gasteiger partial charge in [-0.15, -0.1) is 0 Å². The fourth-order valence-electron chi connectivity index (χ4n) is 0.937. The number of likely N-dealkylation sites (N-methyl/N-ethyl adjacent to an activating group) is 1. The van der Waals surface area contributed by atoms with Gasteiger partial charge in [-0.25, -0.2) is 0 Å². The van der Waals surface area contributed by atoms with Gasteiger partial charge < -0.3 is 10.2 Å².